The molecule has 3 nitrogen and oxygen atoms in total. The number of unbranched alkanes of at least 4 members (excludes halogenated alkanes) is 2. The quantitative estimate of drug-likeness (QED) is 0.633. The van der Waals surface area contributed by atoms with Gasteiger partial charge in [0.25, 0.3) is 0 Å². The fourth-order valence-corrected chi connectivity index (χ4v) is 3.00. The average molecular weight is 275 g/mol. The highest BCUT2D eigenvalue weighted by molar-refractivity contribution is 7.99. The number of benzene rings is 1. The molecule has 2 rings (SSSR count). The molecule has 0 aliphatic heterocycles. The van der Waals surface area contributed by atoms with Crippen LogP contribution in [-0.2, 0) is 0 Å². The highest BCUT2D eigenvalue weighted by Crippen LogP contribution is 2.28. The Balaban J connectivity index is 2.31. The van der Waals surface area contributed by atoms with Gasteiger partial charge in [0.15, 0.2) is 0 Å². The number of thioether (sulfide) groups is 1. The lowest BCUT2D eigenvalue weighted by molar-refractivity contribution is 0.0690. The lowest BCUT2D eigenvalue weighted by Crippen LogP contribution is -2.01. The molecule has 1 aromatic heterocycles. The molecule has 0 saturated carbocycles. The minimum atomic E-state index is -0.971. The Labute approximate surface area is 117 Å². The third-order valence-corrected chi connectivity index (χ3v) is 4.04. The van der Waals surface area contributed by atoms with Crippen molar-refractivity contribution in [1.29, 1.82) is 0 Å². The van der Waals surface area contributed by atoms with Crippen molar-refractivity contribution < 1.29 is 9.90 Å². The highest BCUT2D eigenvalue weighted by atomic mass is 32.2. The van der Waals surface area contributed by atoms with Crippen LogP contribution in [0, 0.1) is 0 Å². The van der Waals surface area contributed by atoms with Crippen LogP contribution in [0.5, 0.6) is 0 Å². The van der Waals surface area contributed by atoms with Gasteiger partial charge < -0.3 is 5.11 Å². The Bertz CT molecular complexity index is 583. The number of aromatic carboxylic acids is 1. The van der Waals surface area contributed by atoms with Gasteiger partial charge in [0.1, 0.15) is 5.69 Å². The summed E-state index contributed by atoms with van der Waals surface area (Å²) in [5.74, 6) is 0.0436. The number of aromatic nitrogens is 1. The van der Waals surface area contributed by atoms with E-state index in [-0.39, 0.29) is 5.69 Å². The van der Waals surface area contributed by atoms with Crippen LogP contribution in [0.4, 0.5) is 0 Å². The molecule has 0 atom stereocenters. The van der Waals surface area contributed by atoms with Crippen molar-refractivity contribution in [2.24, 2.45) is 0 Å². The van der Waals surface area contributed by atoms with E-state index in [1.165, 1.54) is 12.8 Å². The van der Waals surface area contributed by atoms with Gasteiger partial charge >= 0.3 is 5.97 Å². The van der Waals surface area contributed by atoms with Crippen molar-refractivity contribution in [3.63, 3.8) is 0 Å². The summed E-state index contributed by atoms with van der Waals surface area (Å²) >= 11 is 1.72. The number of nitrogens with zero attached hydrogens (tertiary/aromatic N) is 1. The molecule has 0 bridgehead atoms. The summed E-state index contributed by atoms with van der Waals surface area (Å²) in [6, 6.07) is 9.38. The smallest absolute Gasteiger partial charge is 0.354 e. The molecule has 0 aliphatic carbocycles. The zero-order valence-electron chi connectivity index (χ0n) is 10.9. The van der Waals surface area contributed by atoms with E-state index in [0.717, 1.165) is 28.0 Å². The molecule has 1 aromatic carbocycles. The Kier molecular flexibility index (Phi) is 4.80. The van der Waals surface area contributed by atoms with E-state index >= 15 is 0 Å². The third-order valence-electron chi connectivity index (χ3n) is 2.90. The van der Waals surface area contributed by atoms with Crippen molar-refractivity contribution in [2.45, 2.75) is 31.1 Å². The van der Waals surface area contributed by atoms with Crippen molar-refractivity contribution >= 4 is 28.6 Å². The molecular weight excluding hydrogens is 258 g/mol. The Morgan fingerprint density at radius 1 is 1.32 bits per heavy atom. The van der Waals surface area contributed by atoms with Gasteiger partial charge in [-0.15, -0.1) is 11.8 Å². The highest BCUT2D eigenvalue weighted by Gasteiger charge is 2.10. The first-order valence-electron chi connectivity index (χ1n) is 6.48. The van der Waals surface area contributed by atoms with Gasteiger partial charge in [-0.1, -0.05) is 38.0 Å². The van der Waals surface area contributed by atoms with Crippen molar-refractivity contribution in [3.05, 3.63) is 36.0 Å². The average Bonchev–Trinajstić information content (AvgIpc) is 2.43. The SMILES string of the molecule is CCCCCSc1cc(C(=O)O)nc2ccccc12. The second kappa shape index (κ2) is 6.57. The lowest BCUT2D eigenvalue weighted by Gasteiger charge is -2.07. The van der Waals surface area contributed by atoms with Crippen molar-refractivity contribution in [2.75, 3.05) is 5.75 Å². The van der Waals surface area contributed by atoms with Crippen molar-refractivity contribution in [1.82, 2.24) is 4.98 Å². The number of carbonyl (C=O) groups is 1. The first kappa shape index (κ1) is 13.9. The first-order valence-corrected chi connectivity index (χ1v) is 7.47. The fourth-order valence-electron chi connectivity index (χ4n) is 1.91. The van der Waals surface area contributed by atoms with E-state index in [2.05, 4.69) is 11.9 Å². The standard InChI is InChI=1S/C15H17NO2S/c1-2-3-6-9-19-14-10-13(15(17)18)16-12-8-5-4-7-11(12)14/h4-5,7-8,10H,2-3,6,9H2,1H3,(H,17,18). The van der Waals surface area contributed by atoms with E-state index in [4.69, 9.17) is 5.11 Å². The van der Waals surface area contributed by atoms with Gasteiger partial charge in [0.2, 0.25) is 0 Å². The van der Waals surface area contributed by atoms with Gasteiger partial charge in [-0.25, -0.2) is 9.78 Å². The van der Waals surface area contributed by atoms with Crippen LogP contribution in [-0.4, -0.2) is 21.8 Å². The van der Waals surface area contributed by atoms with Crippen LogP contribution < -0.4 is 0 Å². The Hall–Kier alpha value is -1.55. The van der Waals surface area contributed by atoms with Gasteiger partial charge in [0, 0.05) is 10.3 Å². The molecule has 4 heteroatoms. The number of hydrogen-bond acceptors (Lipinski definition) is 3. The zero-order chi connectivity index (χ0) is 13.7. The van der Waals surface area contributed by atoms with E-state index in [9.17, 15) is 4.79 Å². The monoisotopic (exact) mass is 275 g/mol. The summed E-state index contributed by atoms with van der Waals surface area (Å²) in [5.41, 5.74) is 0.872. The number of pyridine rings is 1. The molecule has 100 valence electrons. The van der Waals surface area contributed by atoms with Crippen LogP contribution >= 0.6 is 11.8 Å². The predicted octanol–water partition coefficient (Wildman–Crippen LogP) is 4.22. The number of rotatable bonds is 6. The minimum absolute atomic E-state index is 0.122. The van der Waals surface area contributed by atoms with Crippen LogP contribution in [0.15, 0.2) is 35.2 Å². The molecule has 0 radical (unpaired) electrons. The number of carboxylic acid groups (broad SMARTS) is 1. The number of carboxylic acids is 1. The van der Waals surface area contributed by atoms with Crippen molar-refractivity contribution in [3.8, 4) is 0 Å². The normalized spacial score (nSPS) is 10.8. The third kappa shape index (κ3) is 3.47. The molecule has 0 spiro atoms. The molecule has 19 heavy (non-hydrogen) atoms. The predicted molar refractivity (Wildman–Crippen MR) is 79.0 cm³/mol. The molecular formula is C15H17NO2S. The molecule has 1 heterocycles. The molecule has 0 aliphatic rings. The summed E-state index contributed by atoms with van der Waals surface area (Å²) in [6.45, 7) is 2.18. The maximum Gasteiger partial charge on any atom is 0.354 e. The van der Waals surface area contributed by atoms with Gasteiger partial charge in [-0.3, -0.25) is 0 Å². The van der Waals surface area contributed by atoms with Crippen LogP contribution in [0.3, 0.4) is 0 Å². The number of fused-ring (bicyclic) bond motifs is 1. The lowest BCUT2D eigenvalue weighted by atomic mass is 10.2. The molecule has 0 fully saturated rings. The summed E-state index contributed by atoms with van der Waals surface area (Å²) < 4.78 is 0. The Morgan fingerprint density at radius 3 is 2.84 bits per heavy atom. The molecule has 2 aromatic rings. The Morgan fingerprint density at radius 2 is 2.11 bits per heavy atom. The zero-order valence-corrected chi connectivity index (χ0v) is 11.7. The molecule has 0 unspecified atom stereocenters. The summed E-state index contributed by atoms with van der Waals surface area (Å²) in [4.78, 5) is 16.3. The minimum Gasteiger partial charge on any atom is -0.477 e. The number of hydrogen-bond donors (Lipinski definition) is 1. The van der Waals surface area contributed by atoms with Gasteiger partial charge in [0.05, 0.1) is 5.52 Å². The van der Waals surface area contributed by atoms with E-state index < -0.39 is 5.97 Å². The maximum atomic E-state index is 11.1. The van der Waals surface area contributed by atoms with E-state index in [1.54, 1.807) is 17.8 Å². The van der Waals surface area contributed by atoms with Crippen LogP contribution in [0.2, 0.25) is 0 Å². The largest absolute Gasteiger partial charge is 0.477 e. The van der Waals surface area contributed by atoms with E-state index in [1.807, 2.05) is 24.3 Å². The summed E-state index contributed by atoms with van der Waals surface area (Å²) in [5, 5.41) is 10.1. The summed E-state index contributed by atoms with van der Waals surface area (Å²) in [6.07, 6.45) is 3.56. The van der Waals surface area contributed by atoms with Gasteiger partial charge in [-0.05, 0) is 24.3 Å². The van der Waals surface area contributed by atoms with Crippen LogP contribution in [0.1, 0.15) is 36.7 Å². The summed E-state index contributed by atoms with van der Waals surface area (Å²) in [7, 11) is 0. The molecule has 1 N–H and O–H groups in total. The second-order valence-electron chi connectivity index (χ2n) is 4.38. The first-order chi connectivity index (χ1) is 9.22. The second-order valence-corrected chi connectivity index (χ2v) is 5.52. The van der Waals surface area contributed by atoms with Gasteiger partial charge in [-0.2, -0.15) is 0 Å². The van der Waals surface area contributed by atoms with E-state index in [0.29, 0.717) is 0 Å². The maximum absolute atomic E-state index is 11.1. The number of para-hydroxylation sites is 1. The fraction of sp³-hybridized carbons (Fsp3) is 0.333. The van der Waals surface area contributed by atoms with Crippen LogP contribution in [0.25, 0.3) is 10.9 Å². The molecule has 0 saturated heterocycles. The topological polar surface area (TPSA) is 50.2 Å². The molecule has 0 amide bonds.